The van der Waals surface area contributed by atoms with Crippen LogP contribution in [0.3, 0.4) is 0 Å². The molecule has 1 aliphatic carbocycles. The minimum atomic E-state index is 0.0861. The molecule has 2 N–H and O–H groups in total. The highest BCUT2D eigenvalue weighted by Gasteiger charge is 2.32. The number of hydrogen-bond acceptors (Lipinski definition) is 4. The molecule has 1 fully saturated rings. The second-order valence-corrected chi connectivity index (χ2v) is 6.62. The fraction of sp³-hybridized carbons (Fsp3) is 0.600. The van der Waals surface area contributed by atoms with E-state index in [1.54, 1.807) is 0 Å². The number of fused-ring (bicyclic) bond motifs is 1. The average Bonchev–Trinajstić information content (AvgIpc) is 3.08. The Hall–Kier alpha value is -0.780. The topological polar surface area (TPSA) is 50.7 Å². The van der Waals surface area contributed by atoms with Crippen molar-refractivity contribution in [2.75, 3.05) is 19.9 Å². The molecule has 0 spiro atoms. The third-order valence-corrected chi connectivity index (χ3v) is 5.09. The maximum absolute atomic E-state index is 9.61. The minimum absolute atomic E-state index is 0.0861. The fourth-order valence-electron chi connectivity index (χ4n) is 3.07. The molecule has 0 bridgehead atoms. The number of halogens is 1. The first-order valence-corrected chi connectivity index (χ1v) is 7.91. The van der Waals surface area contributed by atoms with Crippen molar-refractivity contribution in [1.29, 1.82) is 0 Å². The van der Waals surface area contributed by atoms with E-state index < -0.39 is 0 Å². The van der Waals surface area contributed by atoms with E-state index in [0.29, 0.717) is 6.79 Å². The standard InChI is InChI=1S/C15H20BrNO3/c16-12-6-14-13(19-10-20-14)5-11(12)7-17-8-15(9-18)3-1-2-4-15/h5-6,17-18H,1-4,7-10H2. The molecule has 2 aliphatic rings. The summed E-state index contributed by atoms with van der Waals surface area (Å²) in [5.74, 6) is 1.60. The van der Waals surface area contributed by atoms with Gasteiger partial charge in [-0.2, -0.15) is 0 Å². The van der Waals surface area contributed by atoms with Crippen molar-refractivity contribution < 1.29 is 14.6 Å². The number of hydrogen-bond donors (Lipinski definition) is 2. The molecule has 0 saturated heterocycles. The molecule has 110 valence electrons. The van der Waals surface area contributed by atoms with Gasteiger partial charge in [0.2, 0.25) is 6.79 Å². The van der Waals surface area contributed by atoms with E-state index in [2.05, 4.69) is 21.2 Å². The molecular formula is C15H20BrNO3. The van der Waals surface area contributed by atoms with Crippen LogP contribution in [0.1, 0.15) is 31.2 Å². The molecule has 0 aromatic heterocycles. The van der Waals surface area contributed by atoms with Crippen LogP contribution >= 0.6 is 15.9 Å². The van der Waals surface area contributed by atoms with Crippen molar-refractivity contribution in [3.63, 3.8) is 0 Å². The van der Waals surface area contributed by atoms with Gasteiger partial charge in [0, 0.05) is 29.6 Å². The van der Waals surface area contributed by atoms with Gasteiger partial charge in [0.25, 0.3) is 0 Å². The van der Waals surface area contributed by atoms with Crippen LogP contribution in [-0.4, -0.2) is 25.1 Å². The summed E-state index contributed by atoms with van der Waals surface area (Å²) in [5, 5.41) is 13.1. The predicted molar refractivity (Wildman–Crippen MR) is 80.0 cm³/mol. The van der Waals surface area contributed by atoms with Crippen LogP contribution in [0.4, 0.5) is 0 Å². The molecule has 0 atom stereocenters. The first-order valence-electron chi connectivity index (χ1n) is 7.12. The Kier molecular flexibility index (Phi) is 4.19. The maximum Gasteiger partial charge on any atom is 0.231 e. The van der Waals surface area contributed by atoms with Gasteiger partial charge in [0.1, 0.15) is 0 Å². The molecule has 1 aromatic carbocycles. The van der Waals surface area contributed by atoms with E-state index in [1.807, 2.05) is 12.1 Å². The highest BCUT2D eigenvalue weighted by Crippen LogP contribution is 2.38. The highest BCUT2D eigenvalue weighted by atomic mass is 79.9. The zero-order valence-corrected chi connectivity index (χ0v) is 13.0. The van der Waals surface area contributed by atoms with E-state index in [9.17, 15) is 5.11 Å². The second-order valence-electron chi connectivity index (χ2n) is 5.77. The molecule has 1 heterocycles. The second kappa shape index (κ2) is 5.92. The number of rotatable bonds is 5. The van der Waals surface area contributed by atoms with Crippen LogP contribution < -0.4 is 14.8 Å². The van der Waals surface area contributed by atoms with Crippen LogP contribution in [0, 0.1) is 5.41 Å². The molecule has 5 heteroatoms. The lowest BCUT2D eigenvalue weighted by Crippen LogP contribution is -2.34. The van der Waals surface area contributed by atoms with Gasteiger partial charge >= 0.3 is 0 Å². The highest BCUT2D eigenvalue weighted by molar-refractivity contribution is 9.10. The van der Waals surface area contributed by atoms with Gasteiger partial charge in [-0.3, -0.25) is 0 Å². The zero-order valence-electron chi connectivity index (χ0n) is 11.5. The summed E-state index contributed by atoms with van der Waals surface area (Å²) in [6, 6.07) is 3.97. The molecule has 4 nitrogen and oxygen atoms in total. The van der Waals surface area contributed by atoms with Crippen molar-refractivity contribution in [1.82, 2.24) is 5.32 Å². The number of ether oxygens (including phenoxy) is 2. The first-order chi connectivity index (χ1) is 9.72. The van der Waals surface area contributed by atoms with E-state index in [-0.39, 0.29) is 12.0 Å². The van der Waals surface area contributed by atoms with E-state index >= 15 is 0 Å². The molecule has 0 amide bonds. The fourth-order valence-corrected chi connectivity index (χ4v) is 3.54. The van der Waals surface area contributed by atoms with Crippen LogP contribution in [-0.2, 0) is 6.54 Å². The van der Waals surface area contributed by atoms with E-state index in [1.165, 1.54) is 12.8 Å². The lowest BCUT2D eigenvalue weighted by molar-refractivity contribution is 0.128. The molecule has 1 aromatic rings. The van der Waals surface area contributed by atoms with E-state index in [0.717, 1.165) is 47.5 Å². The summed E-state index contributed by atoms with van der Waals surface area (Å²) in [6.07, 6.45) is 4.71. The van der Waals surface area contributed by atoms with Crippen molar-refractivity contribution >= 4 is 15.9 Å². The van der Waals surface area contributed by atoms with Crippen LogP contribution in [0.5, 0.6) is 11.5 Å². The Labute approximate surface area is 127 Å². The van der Waals surface area contributed by atoms with Crippen molar-refractivity contribution in [2.24, 2.45) is 5.41 Å². The van der Waals surface area contributed by atoms with Gasteiger partial charge in [-0.05, 0) is 30.5 Å². The monoisotopic (exact) mass is 341 g/mol. The van der Waals surface area contributed by atoms with Gasteiger partial charge in [0.05, 0.1) is 0 Å². The van der Waals surface area contributed by atoms with Crippen molar-refractivity contribution in [3.8, 4) is 11.5 Å². The van der Waals surface area contributed by atoms with Crippen LogP contribution in [0.15, 0.2) is 16.6 Å². The Morgan fingerprint density at radius 1 is 1.20 bits per heavy atom. The van der Waals surface area contributed by atoms with Gasteiger partial charge < -0.3 is 19.9 Å². The van der Waals surface area contributed by atoms with Gasteiger partial charge in [-0.1, -0.05) is 28.8 Å². The van der Waals surface area contributed by atoms with Crippen LogP contribution in [0.2, 0.25) is 0 Å². The number of aliphatic hydroxyl groups excluding tert-OH is 1. The summed E-state index contributed by atoms with van der Waals surface area (Å²) >= 11 is 3.57. The number of nitrogens with one attached hydrogen (secondary N) is 1. The molecule has 3 rings (SSSR count). The zero-order chi connectivity index (χ0) is 14.0. The molecule has 1 saturated carbocycles. The third kappa shape index (κ3) is 2.80. The number of benzene rings is 1. The lowest BCUT2D eigenvalue weighted by Gasteiger charge is -2.26. The van der Waals surface area contributed by atoms with Gasteiger partial charge in [-0.25, -0.2) is 0 Å². The molecule has 1 aliphatic heterocycles. The van der Waals surface area contributed by atoms with Crippen LogP contribution in [0.25, 0.3) is 0 Å². The average molecular weight is 342 g/mol. The van der Waals surface area contributed by atoms with Crippen molar-refractivity contribution in [2.45, 2.75) is 32.2 Å². The largest absolute Gasteiger partial charge is 0.454 e. The Bertz CT molecular complexity index is 486. The summed E-state index contributed by atoms with van der Waals surface area (Å²) in [4.78, 5) is 0. The SMILES string of the molecule is OCC1(CNCc2cc3c(cc2Br)OCO3)CCCC1. The number of aliphatic hydroxyl groups is 1. The smallest absolute Gasteiger partial charge is 0.231 e. The summed E-state index contributed by atoms with van der Waals surface area (Å²) in [5.41, 5.74) is 1.24. The predicted octanol–water partition coefficient (Wildman–Crippen LogP) is 2.82. The van der Waals surface area contributed by atoms with Gasteiger partial charge in [0.15, 0.2) is 11.5 Å². The third-order valence-electron chi connectivity index (χ3n) is 4.36. The minimum Gasteiger partial charge on any atom is -0.454 e. The Balaban J connectivity index is 1.61. The molecule has 0 unspecified atom stereocenters. The molecular weight excluding hydrogens is 322 g/mol. The Morgan fingerprint density at radius 3 is 2.60 bits per heavy atom. The summed E-state index contributed by atoms with van der Waals surface area (Å²) < 4.78 is 11.8. The summed E-state index contributed by atoms with van der Waals surface area (Å²) in [7, 11) is 0. The summed E-state index contributed by atoms with van der Waals surface area (Å²) in [6.45, 7) is 2.21. The maximum atomic E-state index is 9.61. The lowest BCUT2D eigenvalue weighted by atomic mass is 9.87. The molecule has 0 radical (unpaired) electrons. The first kappa shape index (κ1) is 14.2. The normalized spacial score (nSPS) is 19.5. The Morgan fingerprint density at radius 2 is 1.90 bits per heavy atom. The van der Waals surface area contributed by atoms with Gasteiger partial charge in [-0.15, -0.1) is 0 Å². The van der Waals surface area contributed by atoms with E-state index in [4.69, 9.17) is 9.47 Å². The quantitative estimate of drug-likeness (QED) is 0.864. The molecule has 20 heavy (non-hydrogen) atoms. The van der Waals surface area contributed by atoms with Crippen molar-refractivity contribution in [3.05, 3.63) is 22.2 Å².